The van der Waals surface area contributed by atoms with Gasteiger partial charge in [-0.2, -0.15) is 18.4 Å². The van der Waals surface area contributed by atoms with Crippen LogP contribution in [0.15, 0.2) is 18.3 Å². The van der Waals surface area contributed by atoms with Gasteiger partial charge in [-0.1, -0.05) is 6.42 Å². The average Bonchev–Trinajstić information content (AvgIpc) is 3.49. The molecule has 12 heteroatoms. The highest BCUT2D eigenvalue weighted by atomic mass is 19.4. The molecule has 228 valence electrons. The van der Waals surface area contributed by atoms with Crippen LogP contribution in [0.4, 0.5) is 19.0 Å². The lowest BCUT2D eigenvalue weighted by Gasteiger charge is -3.10. The number of nitrogens with one attached hydrogen (secondary N) is 2. The predicted octanol–water partition coefficient (Wildman–Crippen LogP) is 2.20. The fourth-order valence-electron chi connectivity index (χ4n) is 12.2. The van der Waals surface area contributed by atoms with Gasteiger partial charge in [0.2, 0.25) is 11.8 Å². The second-order valence-corrected chi connectivity index (χ2v) is 14.4. The number of piperazine rings is 1. The molecule has 9 nitrogen and oxygen atoms in total. The van der Waals surface area contributed by atoms with Crippen LogP contribution >= 0.6 is 0 Å². The molecule has 0 radical (unpaired) electrons. The molecule has 43 heavy (non-hydrogen) atoms. The van der Waals surface area contributed by atoms with Crippen LogP contribution in [0, 0.1) is 81.3 Å². The minimum Gasteiger partial charge on any atom is -0.381 e. The van der Waals surface area contributed by atoms with Crippen LogP contribution < -0.4 is 15.8 Å². The zero-order chi connectivity index (χ0) is 29.5. The van der Waals surface area contributed by atoms with Gasteiger partial charge in [-0.15, -0.1) is 0 Å². The molecule has 2 N–H and O–H groups in total. The summed E-state index contributed by atoms with van der Waals surface area (Å²) in [5, 5.41) is 9.01. The second-order valence-electron chi connectivity index (χ2n) is 14.4. The molecule has 2 aliphatic heterocycles. The van der Waals surface area contributed by atoms with E-state index in [-0.39, 0.29) is 29.2 Å². The summed E-state index contributed by atoms with van der Waals surface area (Å²) < 4.78 is 47.7. The monoisotopic (exact) mass is 596 g/mol. The fourth-order valence-corrected chi connectivity index (χ4v) is 12.2. The Bertz CT molecular complexity index is 1370. The number of halogens is 3. The van der Waals surface area contributed by atoms with Gasteiger partial charge < -0.3 is 14.5 Å². The number of hydrogen-bond acceptors (Lipinski definition) is 7. The van der Waals surface area contributed by atoms with Gasteiger partial charge in [0.25, 0.3) is 0 Å². The number of pyridine rings is 1. The standard InChI is InChI=1S/C31H35F3N6O3/c32-31(33,34)20-18(12-37-38-27(20)41)17-3-1-2-16(17)13-43-14-29-21-24-22(29)26-23(29)25(21)30(24,26)28(42)40-8-6-39(7-9-40)19-5-4-15(10-35)11-36-19/h4-5,11,16-18,20-26,37H,1-3,6-9,12-14H2,(H,38,41)/t16-,17?,18?,20?,21?,22?,23?,24?,25?,26?,29?,30?/m0/s1. The Morgan fingerprint density at radius 2 is 1.79 bits per heavy atom. The third-order valence-corrected chi connectivity index (χ3v) is 13.5. The molecule has 3 unspecified atom stereocenters. The third kappa shape index (κ3) is 2.99. The maximum atomic E-state index is 13.8. The molecule has 10 rings (SSSR count). The van der Waals surface area contributed by atoms with E-state index in [0.717, 1.165) is 31.7 Å². The van der Waals surface area contributed by atoms with E-state index in [1.54, 1.807) is 12.3 Å². The van der Waals surface area contributed by atoms with Gasteiger partial charge in [0.15, 0.2) is 0 Å². The van der Waals surface area contributed by atoms with E-state index in [9.17, 15) is 22.8 Å². The largest absolute Gasteiger partial charge is 0.400 e. The van der Waals surface area contributed by atoms with Gasteiger partial charge in [0.1, 0.15) is 17.8 Å². The Morgan fingerprint density at radius 3 is 2.42 bits per heavy atom. The Morgan fingerprint density at radius 1 is 1.07 bits per heavy atom. The first-order valence-electron chi connectivity index (χ1n) is 15.8. The summed E-state index contributed by atoms with van der Waals surface area (Å²) in [7, 11) is 0. The number of amides is 2. The van der Waals surface area contributed by atoms with Gasteiger partial charge >= 0.3 is 6.18 Å². The van der Waals surface area contributed by atoms with Gasteiger partial charge in [0, 0.05) is 50.9 Å². The Labute approximate surface area is 247 Å². The van der Waals surface area contributed by atoms with Crippen molar-refractivity contribution in [2.45, 2.75) is 25.4 Å². The number of alkyl halides is 3. The number of anilines is 1. The molecule has 0 bridgehead atoms. The highest BCUT2D eigenvalue weighted by molar-refractivity contribution is 5.92. The van der Waals surface area contributed by atoms with Crippen molar-refractivity contribution in [3.05, 3.63) is 23.9 Å². The van der Waals surface area contributed by atoms with Crippen LogP contribution in [0.5, 0.6) is 0 Å². The lowest BCUT2D eigenvalue weighted by atomic mass is 8.92. The number of rotatable bonds is 7. The lowest BCUT2D eigenvalue weighted by molar-refractivity contribution is -0.645. The topological polar surface area (TPSA) is 111 Å². The van der Waals surface area contributed by atoms with Crippen molar-refractivity contribution in [3.63, 3.8) is 0 Å². The number of hydrogen-bond donors (Lipinski definition) is 2. The van der Waals surface area contributed by atoms with Crippen molar-refractivity contribution in [2.24, 2.45) is 70.0 Å². The number of carbonyl (C=O) groups is 2. The summed E-state index contributed by atoms with van der Waals surface area (Å²) in [5.41, 5.74) is 5.51. The predicted molar refractivity (Wildman–Crippen MR) is 144 cm³/mol. The summed E-state index contributed by atoms with van der Waals surface area (Å²) in [6.07, 6.45) is -0.548. The molecule has 1 aromatic rings. The maximum absolute atomic E-state index is 13.8. The van der Waals surface area contributed by atoms with Crippen molar-refractivity contribution in [2.75, 3.05) is 50.8 Å². The van der Waals surface area contributed by atoms with Crippen molar-refractivity contribution in [1.82, 2.24) is 20.7 Å². The Hall–Kier alpha value is -2.91. The minimum atomic E-state index is -4.55. The average molecular weight is 597 g/mol. The zero-order valence-corrected chi connectivity index (χ0v) is 23.7. The maximum Gasteiger partial charge on any atom is 0.400 e. The van der Waals surface area contributed by atoms with Gasteiger partial charge in [0.05, 0.1) is 17.6 Å². The number of nitriles is 1. The summed E-state index contributed by atoms with van der Waals surface area (Å²) in [6, 6.07) is 5.74. The Kier molecular flexibility index (Phi) is 5.31. The van der Waals surface area contributed by atoms with Gasteiger partial charge in [-0.3, -0.25) is 15.0 Å². The van der Waals surface area contributed by atoms with E-state index in [1.807, 2.05) is 6.07 Å². The van der Waals surface area contributed by atoms with Crippen LogP contribution in [0.3, 0.4) is 0 Å². The molecule has 0 spiro atoms. The van der Waals surface area contributed by atoms with E-state index in [2.05, 4.69) is 31.7 Å². The van der Waals surface area contributed by atoms with Crippen LogP contribution in [0.1, 0.15) is 24.8 Å². The molecule has 3 heterocycles. The molecule has 2 saturated heterocycles. The molecular weight excluding hydrogens is 561 g/mol. The number of aromatic nitrogens is 1. The third-order valence-electron chi connectivity index (χ3n) is 13.5. The van der Waals surface area contributed by atoms with Crippen molar-refractivity contribution < 1.29 is 27.5 Å². The number of ether oxygens (including phenoxy) is 1. The van der Waals surface area contributed by atoms with Crippen LogP contribution in [-0.2, 0) is 14.3 Å². The van der Waals surface area contributed by atoms with Crippen LogP contribution in [-0.4, -0.2) is 73.8 Å². The molecule has 9 fully saturated rings. The SMILES string of the molecule is N#Cc1ccc(N2CCN(C(=O)C34C5C6C3C3C4C5C63COC[C@@H]3CCCC3C3CNNC(=O)C3C(F)(F)F)CC2)nc1. The molecule has 7 saturated carbocycles. The van der Waals surface area contributed by atoms with Crippen LogP contribution in [0.2, 0.25) is 0 Å². The van der Waals surface area contributed by atoms with Gasteiger partial charge in [-0.05, 0) is 78.2 Å². The summed E-state index contributed by atoms with van der Waals surface area (Å²) in [6.45, 7) is 4.13. The first-order chi connectivity index (χ1) is 20.7. The first kappa shape index (κ1) is 26.5. The fraction of sp³-hybridized carbons (Fsp3) is 0.742. The number of nitrogens with zero attached hydrogens (tertiary/aromatic N) is 4. The van der Waals surface area contributed by atoms with Crippen molar-refractivity contribution in [1.29, 1.82) is 5.26 Å². The molecule has 1 aromatic heterocycles. The van der Waals surface area contributed by atoms with Gasteiger partial charge in [-0.25, -0.2) is 10.4 Å². The quantitative estimate of drug-likeness (QED) is 0.497. The number of hydrazine groups is 1. The summed E-state index contributed by atoms with van der Waals surface area (Å²) >= 11 is 0. The van der Waals surface area contributed by atoms with E-state index >= 15 is 0 Å². The molecule has 9 aliphatic rings. The van der Waals surface area contributed by atoms with Crippen molar-refractivity contribution >= 4 is 17.6 Å². The molecule has 0 aromatic carbocycles. The molecule has 7 aliphatic carbocycles. The molecule has 4 atom stereocenters. The highest BCUT2D eigenvalue weighted by Gasteiger charge is 3.11. The van der Waals surface area contributed by atoms with E-state index in [1.165, 1.54) is 0 Å². The van der Waals surface area contributed by atoms with Crippen molar-refractivity contribution in [3.8, 4) is 6.07 Å². The molecular formula is C31H35F3N6O3. The van der Waals surface area contributed by atoms with E-state index < -0.39 is 23.9 Å². The lowest BCUT2D eigenvalue weighted by Crippen LogP contribution is -3.11. The summed E-state index contributed by atoms with van der Waals surface area (Å²) in [4.78, 5) is 34.6. The normalized spacial score (nSPS) is 46.3. The van der Waals surface area contributed by atoms with E-state index in [4.69, 9.17) is 10.00 Å². The van der Waals surface area contributed by atoms with E-state index in [0.29, 0.717) is 79.7 Å². The molecule has 2 amide bonds. The minimum absolute atomic E-state index is 0.0426. The first-order valence-corrected chi connectivity index (χ1v) is 15.8. The summed E-state index contributed by atoms with van der Waals surface area (Å²) in [5.74, 6) is 0.615. The second kappa shape index (κ2) is 8.62. The van der Waals surface area contributed by atoms with Crippen LogP contribution in [0.25, 0.3) is 0 Å². The smallest absolute Gasteiger partial charge is 0.381 e. The highest BCUT2D eigenvalue weighted by Crippen LogP contribution is 3.10. The number of carbonyl (C=O) groups excluding carboxylic acids is 2. The zero-order valence-electron chi connectivity index (χ0n) is 23.7. The Balaban J connectivity index is 0.791.